The van der Waals surface area contributed by atoms with Crippen LogP contribution in [-0.4, -0.2) is 55.1 Å². The highest BCUT2D eigenvalue weighted by molar-refractivity contribution is 5.43. The summed E-state index contributed by atoms with van der Waals surface area (Å²) in [5.41, 5.74) is 3.69. The van der Waals surface area contributed by atoms with Crippen LogP contribution >= 0.6 is 0 Å². The van der Waals surface area contributed by atoms with Crippen LogP contribution in [-0.2, 0) is 22.1 Å². The number of aliphatic hydroxyl groups is 1. The van der Waals surface area contributed by atoms with Crippen molar-refractivity contribution in [2.24, 2.45) is 0 Å². The molecular weight excluding hydrogens is 465 g/mol. The number of rotatable bonds is 10. The fourth-order valence-corrected chi connectivity index (χ4v) is 5.38. The summed E-state index contributed by atoms with van der Waals surface area (Å²) in [4.78, 5) is 0. The normalized spacial score (nSPS) is 17.3. The molecule has 2 aromatic rings. The summed E-state index contributed by atoms with van der Waals surface area (Å²) in [6.45, 7) is 18.0. The van der Waals surface area contributed by atoms with Crippen LogP contribution < -0.4 is 4.74 Å². The molecule has 1 atom stereocenters. The zero-order chi connectivity index (χ0) is 27.1. The molecule has 1 N–H and O–H groups in total. The molecule has 0 amide bonds. The van der Waals surface area contributed by atoms with Gasteiger partial charge in [0.1, 0.15) is 37.4 Å². The first-order chi connectivity index (χ1) is 17.4. The van der Waals surface area contributed by atoms with Crippen LogP contribution in [0.3, 0.4) is 0 Å². The van der Waals surface area contributed by atoms with Crippen molar-refractivity contribution in [1.82, 2.24) is 0 Å². The average Bonchev–Trinajstić information content (AvgIpc) is 3.04. The van der Waals surface area contributed by atoms with Crippen LogP contribution in [0.2, 0.25) is 0 Å². The van der Waals surface area contributed by atoms with Crippen molar-refractivity contribution in [1.29, 1.82) is 0 Å². The number of aliphatic hydroxyl groups excluding tert-OH is 1. The largest absolute Gasteiger partial charge is 0.491 e. The predicted octanol–water partition coefficient (Wildman–Crippen LogP) is 6.77. The third-order valence-corrected chi connectivity index (χ3v) is 7.49. The summed E-state index contributed by atoms with van der Waals surface area (Å²) < 4.78 is 26.3. The van der Waals surface area contributed by atoms with Gasteiger partial charge in [0.15, 0.2) is 0 Å². The summed E-state index contributed by atoms with van der Waals surface area (Å²) in [5, 5.41) is 10.9. The van der Waals surface area contributed by atoms with E-state index in [9.17, 15) is 9.50 Å². The molecule has 1 fully saturated rings. The zero-order valence-corrected chi connectivity index (χ0v) is 24.0. The molecule has 4 nitrogen and oxygen atoms in total. The molecule has 206 valence electrons. The molecule has 0 bridgehead atoms. The molecule has 1 aliphatic heterocycles. The third-order valence-electron chi connectivity index (χ3n) is 7.49. The lowest BCUT2D eigenvalue weighted by molar-refractivity contribution is -0.943. The van der Waals surface area contributed by atoms with E-state index in [1.54, 1.807) is 0 Å². The molecule has 5 heteroatoms. The van der Waals surface area contributed by atoms with Gasteiger partial charge in [-0.2, -0.15) is 0 Å². The minimum Gasteiger partial charge on any atom is -0.491 e. The van der Waals surface area contributed by atoms with Gasteiger partial charge < -0.3 is 19.1 Å². The van der Waals surface area contributed by atoms with Gasteiger partial charge in [-0.05, 0) is 65.8 Å². The van der Waals surface area contributed by atoms with Crippen LogP contribution in [0.1, 0.15) is 83.9 Å². The lowest BCUT2D eigenvalue weighted by atomic mass is 9.80. The van der Waals surface area contributed by atoms with E-state index in [4.69, 9.17) is 9.47 Å². The summed E-state index contributed by atoms with van der Waals surface area (Å²) in [6.07, 6.45) is 4.25. The van der Waals surface area contributed by atoms with Gasteiger partial charge in [0, 0.05) is 5.56 Å². The van der Waals surface area contributed by atoms with Crippen molar-refractivity contribution in [3.63, 3.8) is 0 Å². The number of quaternary nitrogens is 1. The summed E-state index contributed by atoms with van der Waals surface area (Å²) in [7, 11) is 0. The Balaban J connectivity index is 1.53. The van der Waals surface area contributed by atoms with Crippen molar-refractivity contribution in [2.75, 3.05) is 39.5 Å². The number of ether oxygens (including phenoxy) is 2. The first-order valence-corrected chi connectivity index (χ1v) is 14.0. The maximum atomic E-state index is 13.4. The van der Waals surface area contributed by atoms with Gasteiger partial charge in [-0.15, -0.1) is 0 Å². The zero-order valence-electron chi connectivity index (χ0n) is 24.0. The van der Waals surface area contributed by atoms with Crippen LogP contribution in [0, 0.1) is 5.82 Å². The van der Waals surface area contributed by atoms with E-state index >= 15 is 0 Å². The Morgan fingerprint density at radius 3 is 2.11 bits per heavy atom. The van der Waals surface area contributed by atoms with Gasteiger partial charge in [-0.1, -0.05) is 65.8 Å². The number of hydrogen-bond donors (Lipinski definition) is 1. The molecule has 0 spiro atoms. The minimum atomic E-state index is -0.547. The monoisotopic (exact) mass is 514 g/mol. The number of halogens is 1. The first-order valence-electron chi connectivity index (χ1n) is 14.0. The second-order valence-electron chi connectivity index (χ2n) is 13.0. The topological polar surface area (TPSA) is 38.7 Å². The molecule has 2 aromatic carbocycles. The van der Waals surface area contributed by atoms with Crippen LogP contribution in [0.4, 0.5) is 4.39 Å². The molecule has 0 radical (unpaired) electrons. The van der Waals surface area contributed by atoms with E-state index in [0.717, 1.165) is 48.3 Å². The highest BCUT2D eigenvalue weighted by Crippen LogP contribution is 2.35. The maximum absolute atomic E-state index is 13.4. The number of benzene rings is 2. The van der Waals surface area contributed by atoms with E-state index in [0.29, 0.717) is 26.4 Å². The molecule has 0 aliphatic carbocycles. The molecule has 37 heavy (non-hydrogen) atoms. The Hall–Kier alpha value is -1.95. The highest BCUT2D eigenvalue weighted by atomic mass is 19.1. The van der Waals surface area contributed by atoms with Crippen molar-refractivity contribution in [3.05, 3.63) is 65.0 Å². The van der Waals surface area contributed by atoms with E-state index < -0.39 is 6.10 Å². The second kappa shape index (κ2) is 12.7. The van der Waals surface area contributed by atoms with Gasteiger partial charge in [0.25, 0.3) is 0 Å². The van der Waals surface area contributed by atoms with Gasteiger partial charge in [-0.25, -0.2) is 4.39 Å². The van der Waals surface area contributed by atoms with E-state index in [2.05, 4.69) is 59.7 Å². The molecule has 0 unspecified atom stereocenters. The Bertz CT molecular complexity index is 967. The fraction of sp³-hybridized carbons (Fsp3) is 0.625. The second-order valence-corrected chi connectivity index (χ2v) is 13.0. The van der Waals surface area contributed by atoms with Crippen LogP contribution in [0.5, 0.6) is 5.75 Å². The van der Waals surface area contributed by atoms with Crippen LogP contribution in [0.15, 0.2) is 42.5 Å². The smallest absolute Gasteiger partial charge is 0.126 e. The Morgan fingerprint density at radius 1 is 0.865 bits per heavy atom. The summed E-state index contributed by atoms with van der Waals surface area (Å²) >= 11 is 0. The predicted molar refractivity (Wildman–Crippen MR) is 150 cm³/mol. The third kappa shape index (κ3) is 9.08. The van der Waals surface area contributed by atoms with Crippen molar-refractivity contribution < 1.29 is 23.5 Å². The lowest BCUT2D eigenvalue weighted by Gasteiger charge is -2.39. The van der Waals surface area contributed by atoms with Crippen molar-refractivity contribution in [3.8, 4) is 5.75 Å². The molecule has 1 aliphatic rings. The SMILES string of the molecule is CC(C)(C)c1ccc(OCCOC[C@@H](O)C[N+]2(Cc3ccc(F)cc3)CCCCCC2)c(C(C)(C)C)c1. The van der Waals surface area contributed by atoms with Gasteiger partial charge in [0.2, 0.25) is 0 Å². The average molecular weight is 515 g/mol. The summed E-state index contributed by atoms with van der Waals surface area (Å²) in [6, 6.07) is 13.3. The van der Waals surface area contributed by atoms with Crippen molar-refractivity contribution in [2.45, 2.75) is 90.7 Å². The molecule has 0 saturated carbocycles. The number of likely N-dealkylation sites (tertiary alicyclic amines) is 1. The van der Waals surface area contributed by atoms with E-state index in [-0.39, 0.29) is 16.6 Å². The standard InChI is InChI=1S/C32H49FNO3/c1-31(2,3)26-13-16-30(29(21-26)32(4,5)6)37-20-19-36-24-28(35)23-34(17-9-7-8-10-18-34)22-25-11-14-27(33)15-12-25/h11-16,21,28,35H,7-10,17-20,22-24H2,1-6H3/q+1/t28-/m0/s1. The minimum absolute atomic E-state index is 0.0247. The number of nitrogens with zero attached hydrogens (tertiary/aromatic N) is 1. The molecule has 1 saturated heterocycles. The van der Waals surface area contributed by atoms with Gasteiger partial charge >= 0.3 is 0 Å². The molecular formula is C32H49FNO3+. The molecule has 1 heterocycles. The highest BCUT2D eigenvalue weighted by Gasteiger charge is 2.32. The van der Waals surface area contributed by atoms with E-state index in [1.807, 2.05) is 12.1 Å². The van der Waals surface area contributed by atoms with Crippen LogP contribution in [0.25, 0.3) is 0 Å². The summed E-state index contributed by atoms with van der Waals surface area (Å²) in [5.74, 6) is 0.694. The quantitative estimate of drug-likeness (QED) is 0.281. The Morgan fingerprint density at radius 2 is 1.51 bits per heavy atom. The Kier molecular flexibility index (Phi) is 10.2. The van der Waals surface area contributed by atoms with E-state index in [1.165, 1.54) is 36.1 Å². The number of hydrogen-bond acceptors (Lipinski definition) is 3. The molecule has 0 aromatic heterocycles. The molecule has 3 rings (SSSR count). The fourth-order valence-electron chi connectivity index (χ4n) is 5.38. The van der Waals surface area contributed by atoms with Crippen molar-refractivity contribution >= 4 is 0 Å². The first kappa shape index (κ1) is 29.6. The Labute approximate surface area is 224 Å². The maximum Gasteiger partial charge on any atom is 0.126 e. The van der Waals surface area contributed by atoms with Gasteiger partial charge in [0.05, 0.1) is 26.3 Å². The lowest BCUT2D eigenvalue weighted by Crippen LogP contribution is -2.53. The van der Waals surface area contributed by atoms with Gasteiger partial charge in [-0.3, -0.25) is 0 Å².